The number of hydrogen-bond donors (Lipinski definition) is 1. The summed E-state index contributed by atoms with van der Waals surface area (Å²) in [4.78, 5) is 28.9. The number of carbonyl (C=O) groups is 2. The summed E-state index contributed by atoms with van der Waals surface area (Å²) in [7, 11) is 0. The van der Waals surface area contributed by atoms with E-state index < -0.39 is 17.5 Å². The van der Waals surface area contributed by atoms with E-state index in [9.17, 15) is 14.9 Å². The molecule has 7 heteroatoms. The molecule has 1 aromatic carbocycles. The van der Waals surface area contributed by atoms with Crippen LogP contribution in [-0.2, 0) is 11.3 Å². The van der Waals surface area contributed by atoms with E-state index in [-0.39, 0.29) is 18.9 Å². The Hall–Kier alpha value is -2.90. The fraction of sp³-hybridized carbons (Fsp3) is 0.500. The molecule has 0 radical (unpaired) electrons. The number of likely N-dealkylation sites (tertiary alicyclic amines) is 1. The lowest BCUT2D eigenvalue weighted by molar-refractivity contribution is -0.133. The molecule has 140 valence electrons. The van der Waals surface area contributed by atoms with Gasteiger partial charge in [0.15, 0.2) is 0 Å². The number of benzene rings is 1. The van der Waals surface area contributed by atoms with E-state index in [1.807, 2.05) is 24.3 Å². The van der Waals surface area contributed by atoms with E-state index in [0.29, 0.717) is 19.4 Å². The van der Waals surface area contributed by atoms with Crippen molar-refractivity contribution in [3.05, 3.63) is 35.9 Å². The standard InChI is InChI=1S/C20H23N5O2/c21-10-4-8-17(12-22)14-25-18(26)20(23-19(25)27)9-5-11-24(15-20)13-16-6-2-1-3-7-16/h1-3,6-7,17H,4-5,8-9,11,13-15H2,(H,23,27). The van der Waals surface area contributed by atoms with Gasteiger partial charge in [-0.05, 0) is 31.4 Å². The summed E-state index contributed by atoms with van der Waals surface area (Å²) in [5.74, 6) is -0.763. The molecule has 1 spiro atoms. The maximum absolute atomic E-state index is 13.1. The molecular formula is C20H23N5O2. The molecule has 1 aromatic rings. The third kappa shape index (κ3) is 4.10. The van der Waals surface area contributed by atoms with Crippen LogP contribution in [0.2, 0.25) is 0 Å². The second-order valence-corrected chi connectivity index (χ2v) is 7.25. The lowest BCUT2D eigenvalue weighted by atomic mass is 9.88. The van der Waals surface area contributed by atoms with Crippen molar-refractivity contribution in [1.82, 2.24) is 15.1 Å². The van der Waals surface area contributed by atoms with Gasteiger partial charge in [-0.2, -0.15) is 10.5 Å². The number of nitrogens with one attached hydrogen (secondary N) is 1. The number of nitrogens with zero attached hydrogens (tertiary/aromatic N) is 4. The van der Waals surface area contributed by atoms with Crippen molar-refractivity contribution in [2.75, 3.05) is 19.6 Å². The van der Waals surface area contributed by atoms with Crippen molar-refractivity contribution < 1.29 is 9.59 Å². The highest BCUT2D eigenvalue weighted by Crippen LogP contribution is 2.30. The summed E-state index contributed by atoms with van der Waals surface area (Å²) in [6, 6.07) is 13.7. The quantitative estimate of drug-likeness (QED) is 0.777. The van der Waals surface area contributed by atoms with Crippen LogP contribution in [-0.4, -0.2) is 46.9 Å². The zero-order valence-electron chi connectivity index (χ0n) is 15.2. The maximum atomic E-state index is 13.1. The molecule has 0 bridgehead atoms. The summed E-state index contributed by atoms with van der Waals surface area (Å²) in [5.41, 5.74) is 0.267. The third-order valence-electron chi connectivity index (χ3n) is 5.26. The predicted molar refractivity (Wildman–Crippen MR) is 97.9 cm³/mol. The molecule has 27 heavy (non-hydrogen) atoms. The van der Waals surface area contributed by atoms with Crippen LogP contribution in [0.25, 0.3) is 0 Å². The summed E-state index contributed by atoms with van der Waals surface area (Å²) in [5, 5.41) is 20.8. The molecule has 0 saturated carbocycles. The smallest absolute Gasteiger partial charge is 0.322 e. The average Bonchev–Trinajstić information content (AvgIpc) is 2.89. The van der Waals surface area contributed by atoms with Crippen LogP contribution in [0.5, 0.6) is 0 Å². The van der Waals surface area contributed by atoms with Crippen molar-refractivity contribution in [3.8, 4) is 12.1 Å². The van der Waals surface area contributed by atoms with Gasteiger partial charge in [0.1, 0.15) is 5.54 Å². The minimum absolute atomic E-state index is 0.0449. The van der Waals surface area contributed by atoms with Gasteiger partial charge >= 0.3 is 6.03 Å². The van der Waals surface area contributed by atoms with Crippen LogP contribution in [0, 0.1) is 28.6 Å². The highest BCUT2D eigenvalue weighted by atomic mass is 16.2. The molecule has 3 amide bonds. The number of nitriles is 2. The maximum Gasteiger partial charge on any atom is 0.325 e. The van der Waals surface area contributed by atoms with Crippen LogP contribution in [0.4, 0.5) is 4.79 Å². The Morgan fingerprint density at radius 2 is 2.00 bits per heavy atom. The van der Waals surface area contributed by atoms with E-state index in [1.165, 1.54) is 5.56 Å². The van der Waals surface area contributed by atoms with Gasteiger partial charge in [0.25, 0.3) is 5.91 Å². The number of piperidine rings is 1. The molecule has 7 nitrogen and oxygen atoms in total. The van der Waals surface area contributed by atoms with Crippen molar-refractivity contribution in [2.45, 2.75) is 37.8 Å². The van der Waals surface area contributed by atoms with Crippen LogP contribution in [0.15, 0.2) is 30.3 Å². The highest BCUT2D eigenvalue weighted by molar-refractivity contribution is 6.07. The Balaban J connectivity index is 1.69. The molecule has 3 rings (SSSR count). The number of carbonyl (C=O) groups excluding carboxylic acids is 2. The topological polar surface area (TPSA) is 100 Å². The first-order valence-electron chi connectivity index (χ1n) is 9.25. The lowest BCUT2D eigenvalue weighted by Gasteiger charge is -2.38. The van der Waals surface area contributed by atoms with Crippen molar-refractivity contribution >= 4 is 11.9 Å². The summed E-state index contributed by atoms with van der Waals surface area (Å²) < 4.78 is 0. The van der Waals surface area contributed by atoms with E-state index in [4.69, 9.17) is 5.26 Å². The minimum atomic E-state index is -0.903. The van der Waals surface area contributed by atoms with E-state index in [1.54, 1.807) is 0 Å². The fourth-order valence-corrected chi connectivity index (χ4v) is 3.90. The second kappa shape index (κ2) is 8.20. The first-order valence-corrected chi connectivity index (χ1v) is 9.25. The summed E-state index contributed by atoms with van der Waals surface area (Å²) in [6.07, 6.45) is 2.02. The molecule has 2 heterocycles. The summed E-state index contributed by atoms with van der Waals surface area (Å²) in [6.45, 7) is 2.12. The Morgan fingerprint density at radius 1 is 1.22 bits per heavy atom. The Kier molecular flexibility index (Phi) is 5.73. The predicted octanol–water partition coefficient (Wildman–Crippen LogP) is 2.02. The molecule has 2 aliphatic rings. The normalized spacial score (nSPS) is 23.7. The van der Waals surface area contributed by atoms with Gasteiger partial charge in [-0.3, -0.25) is 14.6 Å². The molecule has 0 aromatic heterocycles. The van der Waals surface area contributed by atoms with Gasteiger partial charge in [-0.1, -0.05) is 30.3 Å². The van der Waals surface area contributed by atoms with Crippen molar-refractivity contribution in [2.24, 2.45) is 5.92 Å². The lowest BCUT2D eigenvalue weighted by Crippen LogP contribution is -2.58. The highest BCUT2D eigenvalue weighted by Gasteiger charge is 2.53. The molecule has 0 aliphatic carbocycles. The molecule has 2 atom stereocenters. The van der Waals surface area contributed by atoms with Crippen molar-refractivity contribution in [1.29, 1.82) is 10.5 Å². The number of rotatable bonds is 6. The number of amides is 3. The van der Waals surface area contributed by atoms with E-state index >= 15 is 0 Å². The molecule has 2 fully saturated rings. The van der Waals surface area contributed by atoms with Gasteiger partial charge in [0, 0.05) is 26.1 Å². The fourth-order valence-electron chi connectivity index (χ4n) is 3.90. The van der Waals surface area contributed by atoms with Crippen LogP contribution in [0.1, 0.15) is 31.2 Å². The summed E-state index contributed by atoms with van der Waals surface area (Å²) >= 11 is 0. The van der Waals surface area contributed by atoms with Gasteiger partial charge in [0.05, 0.1) is 18.1 Å². The van der Waals surface area contributed by atoms with Crippen LogP contribution >= 0.6 is 0 Å². The second-order valence-electron chi connectivity index (χ2n) is 7.25. The Labute approximate surface area is 159 Å². The van der Waals surface area contributed by atoms with Crippen LogP contribution < -0.4 is 5.32 Å². The monoisotopic (exact) mass is 365 g/mol. The van der Waals surface area contributed by atoms with Gasteiger partial charge < -0.3 is 5.32 Å². The van der Waals surface area contributed by atoms with E-state index in [2.05, 4.69) is 28.4 Å². The largest absolute Gasteiger partial charge is 0.325 e. The van der Waals surface area contributed by atoms with E-state index in [0.717, 1.165) is 24.4 Å². The Bertz CT molecular complexity index is 782. The minimum Gasteiger partial charge on any atom is -0.322 e. The molecular weight excluding hydrogens is 342 g/mol. The number of hydrogen-bond acceptors (Lipinski definition) is 5. The molecule has 2 unspecified atom stereocenters. The van der Waals surface area contributed by atoms with Crippen molar-refractivity contribution in [3.63, 3.8) is 0 Å². The van der Waals surface area contributed by atoms with Gasteiger partial charge in [0.2, 0.25) is 0 Å². The van der Waals surface area contributed by atoms with Gasteiger partial charge in [-0.25, -0.2) is 4.79 Å². The average molecular weight is 365 g/mol. The van der Waals surface area contributed by atoms with Gasteiger partial charge in [-0.15, -0.1) is 0 Å². The third-order valence-corrected chi connectivity index (χ3v) is 5.26. The molecule has 1 N–H and O–H groups in total. The zero-order chi connectivity index (χ0) is 19.3. The molecule has 2 saturated heterocycles. The first kappa shape index (κ1) is 18.9. The Morgan fingerprint density at radius 3 is 2.70 bits per heavy atom. The first-order chi connectivity index (χ1) is 13.1. The SMILES string of the molecule is N#CCCC(C#N)CN1C(=O)NC2(CCCN(Cc3ccccc3)C2)C1=O. The van der Waals surface area contributed by atoms with Crippen LogP contribution in [0.3, 0.4) is 0 Å². The molecule has 2 aliphatic heterocycles. The number of imide groups is 1. The zero-order valence-corrected chi connectivity index (χ0v) is 15.2. The number of urea groups is 1.